The fourth-order valence-corrected chi connectivity index (χ4v) is 10.6. The summed E-state index contributed by atoms with van der Waals surface area (Å²) in [6.07, 6.45) is -4.58. The minimum Gasteiger partial charge on any atom is -0.455 e. The van der Waals surface area contributed by atoms with Gasteiger partial charge in [0.25, 0.3) is 0 Å². The number of benzene rings is 3. The van der Waals surface area contributed by atoms with Crippen LogP contribution in [0.5, 0.6) is 0 Å². The molecule has 60 heavy (non-hydrogen) atoms. The third kappa shape index (κ3) is 12.5. The standard InChI is InChI=1S/C33H35N5O18P4/c34-31-28-32(36-20-35-31)38(21-37-28)33-30(53-27(40)17-23-12-6-2-7-13-23)29(52-26(39)16-22-10-4-1-5-11-22)25(51-33)19-50-58(43,44)55-60(47,48)56-59(45,46)54-57(41,42)49-18-24-14-8-3-9-15-24/h1-15,20-21,25,29-30,33H,16-19H2,(H,41,42)(H,43,44)(H,45,46)(H,47,48)(H2,34,35,36). The minimum atomic E-state index is -6.18. The molecule has 320 valence electrons. The van der Waals surface area contributed by atoms with Crippen molar-refractivity contribution in [3.63, 3.8) is 0 Å². The number of rotatable bonds is 19. The van der Waals surface area contributed by atoms with Crippen molar-refractivity contribution in [2.45, 2.75) is 44.0 Å². The highest BCUT2D eigenvalue weighted by Crippen LogP contribution is 2.71. The molecule has 0 amide bonds. The summed E-state index contributed by atoms with van der Waals surface area (Å²) < 4.78 is 91.0. The number of carbonyl (C=O) groups is 2. The lowest BCUT2D eigenvalue weighted by atomic mass is 10.1. The van der Waals surface area contributed by atoms with Gasteiger partial charge >= 0.3 is 43.2 Å². The van der Waals surface area contributed by atoms with E-state index in [0.29, 0.717) is 16.7 Å². The van der Waals surface area contributed by atoms with Gasteiger partial charge in [-0.05, 0) is 16.7 Å². The van der Waals surface area contributed by atoms with E-state index < -0.39 is 81.0 Å². The van der Waals surface area contributed by atoms with Gasteiger partial charge in [-0.2, -0.15) is 12.9 Å². The number of nitrogens with zero attached hydrogens (tertiary/aromatic N) is 4. The Bertz CT molecular complexity index is 2480. The van der Waals surface area contributed by atoms with Gasteiger partial charge in [-0.15, -0.1) is 0 Å². The average molecular weight is 914 g/mol. The van der Waals surface area contributed by atoms with E-state index in [1.807, 2.05) is 0 Å². The van der Waals surface area contributed by atoms with Crippen molar-refractivity contribution < 1.29 is 83.6 Å². The molecule has 0 saturated carbocycles. The molecule has 27 heteroatoms. The molecule has 0 radical (unpaired) electrons. The van der Waals surface area contributed by atoms with Crippen LogP contribution in [0.3, 0.4) is 0 Å². The van der Waals surface area contributed by atoms with Gasteiger partial charge in [0.1, 0.15) is 17.9 Å². The van der Waals surface area contributed by atoms with Crippen LogP contribution < -0.4 is 5.73 Å². The predicted molar refractivity (Wildman–Crippen MR) is 203 cm³/mol. The zero-order valence-corrected chi connectivity index (χ0v) is 34.2. The molecule has 23 nitrogen and oxygen atoms in total. The lowest BCUT2D eigenvalue weighted by Gasteiger charge is -2.25. The number of nitrogens with two attached hydrogens (primary N) is 1. The second kappa shape index (κ2) is 19.0. The van der Waals surface area contributed by atoms with Crippen molar-refractivity contribution in [3.05, 3.63) is 120 Å². The predicted octanol–water partition coefficient (Wildman–Crippen LogP) is 4.30. The molecule has 6 rings (SSSR count). The van der Waals surface area contributed by atoms with Crippen LogP contribution >= 0.6 is 31.3 Å². The minimum absolute atomic E-state index is 0.0338. The number of esters is 2. The smallest absolute Gasteiger partial charge is 0.455 e. The maximum absolute atomic E-state index is 13.4. The van der Waals surface area contributed by atoms with E-state index in [4.69, 9.17) is 24.5 Å². The zero-order chi connectivity index (χ0) is 43.1. The van der Waals surface area contributed by atoms with E-state index in [1.54, 1.807) is 78.9 Å². The molecule has 8 atom stereocenters. The molecular formula is C33H35N5O18P4. The summed E-state index contributed by atoms with van der Waals surface area (Å²) >= 11 is 0. The van der Waals surface area contributed by atoms with Gasteiger partial charge in [0.05, 0.1) is 32.4 Å². The Morgan fingerprint density at radius 1 is 0.650 bits per heavy atom. The molecule has 0 spiro atoms. The highest BCUT2D eigenvalue weighted by atomic mass is 31.3. The Kier molecular flexibility index (Phi) is 14.3. The molecule has 3 aromatic carbocycles. The first-order valence-corrected chi connectivity index (χ1v) is 23.2. The largest absolute Gasteiger partial charge is 0.490 e. The van der Waals surface area contributed by atoms with Gasteiger partial charge in [0, 0.05) is 0 Å². The molecule has 6 N–H and O–H groups in total. The fourth-order valence-electron chi connectivity index (χ4n) is 5.67. The molecule has 1 aliphatic rings. The lowest BCUT2D eigenvalue weighted by Crippen LogP contribution is -2.41. The number of imidazole rings is 1. The fraction of sp³-hybridized carbons (Fsp3) is 0.242. The van der Waals surface area contributed by atoms with E-state index in [0.717, 1.165) is 6.33 Å². The molecule has 5 aromatic rings. The van der Waals surface area contributed by atoms with Crippen LogP contribution in [0.25, 0.3) is 11.2 Å². The van der Waals surface area contributed by atoms with Crippen LogP contribution in [0.4, 0.5) is 5.82 Å². The van der Waals surface area contributed by atoms with Crippen LogP contribution in [0, 0.1) is 0 Å². The Hall–Kier alpha value is -4.53. The van der Waals surface area contributed by atoms with Crippen LogP contribution in [0.15, 0.2) is 104 Å². The van der Waals surface area contributed by atoms with Gasteiger partial charge in [-0.3, -0.25) is 23.2 Å². The zero-order valence-electron chi connectivity index (χ0n) is 30.6. The topological polar surface area (TPSA) is 327 Å². The van der Waals surface area contributed by atoms with Gasteiger partial charge in [-0.25, -0.2) is 33.2 Å². The number of hydrogen-bond donors (Lipinski definition) is 5. The molecule has 1 fully saturated rings. The molecule has 0 aliphatic carbocycles. The van der Waals surface area contributed by atoms with E-state index in [9.17, 15) is 47.4 Å². The van der Waals surface area contributed by atoms with Crippen LogP contribution in [-0.4, -0.2) is 76.0 Å². The molecular weight excluding hydrogens is 878 g/mol. The van der Waals surface area contributed by atoms with Crippen molar-refractivity contribution in [1.29, 1.82) is 0 Å². The van der Waals surface area contributed by atoms with Crippen molar-refractivity contribution in [2.75, 3.05) is 12.3 Å². The lowest BCUT2D eigenvalue weighted by molar-refractivity contribution is -0.167. The SMILES string of the molecule is Nc1ncnc2c1ncn2C1OC(COP(=O)(O)OP(=O)(O)OP(=O)(O)OP(=O)(O)OCc2ccccc2)C(OC(=O)Cc2ccccc2)C1OC(=O)Cc1ccccc1. The van der Waals surface area contributed by atoms with E-state index in [1.165, 1.54) is 23.0 Å². The van der Waals surface area contributed by atoms with Crippen LogP contribution in [0.1, 0.15) is 22.9 Å². The number of hydrogen-bond acceptors (Lipinski definition) is 18. The number of anilines is 1. The summed E-state index contributed by atoms with van der Waals surface area (Å²) in [5.41, 5.74) is 7.54. The van der Waals surface area contributed by atoms with Gasteiger partial charge in [0.15, 0.2) is 29.9 Å². The number of aromatic nitrogens is 4. The van der Waals surface area contributed by atoms with E-state index >= 15 is 0 Å². The van der Waals surface area contributed by atoms with Gasteiger partial charge < -0.3 is 39.5 Å². The number of fused-ring (bicyclic) bond motifs is 1. The Morgan fingerprint density at radius 3 is 1.68 bits per heavy atom. The van der Waals surface area contributed by atoms with Crippen molar-refractivity contribution in [2.24, 2.45) is 0 Å². The molecule has 2 aromatic heterocycles. The third-order valence-electron chi connectivity index (χ3n) is 8.12. The number of phosphoric ester groups is 2. The van der Waals surface area contributed by atoms with Crippen LogP contribution in [0.2, 0.25) is 0 Å². The maximum atomic E-state index is 13.4. The summed E-state index contributed by atoms with van der Waals surface area (Å²) in [5, 5.41) is 0. The number of ether oxygens (including phenoxy) is 3. The first-order chi connectivity index (χ1) is 28.4. The van der Waals surface area contributed by atoms with Gasteiger partial charge in [0.2, 0.25) is 0 Å². The summed E-state index contributed by atoms with van der Waals surface area (Å²) in [4.78, 5) is 79.5. The molecule has 8 unspecified atom stereocenters. The molecule has 1 saturated heterocycles. The Labute approximate surface area is 339 Å². The van der Waals surface area contributed by atoms with Gasteiger partial charge in [-0.1, -0.05) is 91.0 Å². The highest BCUT2D eigenvalue weighted by Gasteiger charge is 2.53. The van der Waals surface area contributed by atoms with E-state index in [-0.39, 0.29) is 29.8 Å². The summed E-state index contributed by atoms with van der Waals surface area (Å²) in [6.45, 7) is -1.74. The molecule has 0 bridgehead atoms. The normalized spacial score (nSPS) is 21.9. The Balaban J connectivity index is 1.21. The molecule has 3 heterocycles. The highest BCUT2D eigenvalue weighted by molar-refractivity contribution is 7.69. The average Bonchev–Trinajstić information content (AvgIpc) is 3.74. The summed E-state index contributed by atoms with van der Waals surface area (Å²) in [7, 11) is -23.6. The van der Waals surface area contributed by atoms with E-state index in [2.05, 4.69) is 32.4 Å². The van der Waals surface area contributed by atoms with Crippen molar-refractivity contribution in [3.8, 4) is 0 Å². The van der Waals surface area contributed by atoms with Crippen molar-refractivity contribution >= 4 is 60.2 Å². The number of phosphoric acid groups is 4. The monoisotopic (exact) mass is 913 g/mol. The van der Waals surface area contributed by atoms with Crippen molar-refractivity contribution in [1.82, 2.24) is 19.5 Å². The Morgan fingerprint density at radius 2 is 1.13 bits per heavy atom. The maximum Gasteiger partial charge on any atom is 0.490 e. The summed E-state index contributed by atoms with van der Waals surface area (Å²) in [5.74, 6) is -1.74. The number of carbonyl (C=O) groups excluding carboxylic acids is 2. The van der Waals surface area contributed by atoms with Crippen LogP contribution in [-0.2, 0) is 83.5 Å². The second-order valence-electron chi connectivity index (χ2n) is 12.6. The first-order valence-electron chi connectivity index (χ1n) is 17.2. The molecule has 1 aliphatic heterocycles. The quantitative estimate of drug-likeness (QED) is 0.0569. The third-order valence-corrected chi connectivity index (χ3v) is 14.0. The number of nitrogen functional groups attached to an aromatic ring is 1. The second-order valence-corrected chi connectivity index (χ2v) is 18.8. The first kappa shape index (κ1) is 45.0. The summed E-state index contributed by atoms with van der Waals surface area (Å²) in [6, 6.07) is 24.5.